The van der Waals surface area contributed by atoms with E-state index in [2.05, 4.69) is 26.5 Å². The summed E-state index contributed by atoms with van der Waals surface area (Å²) in [6, 6.07) is 2.51. The number of nitrogens with one attached hydrogen (secondary N) is 1. The van der Waals surface area contributed by atoms with Gasteiger partial charge in [0.25, 0.3) is 0 Å². The van der Waals surface area contributed by atoms with Crippen molar-refractivity contribution in [1.29, 1.82) is 0 Å². The van der Waals surface area contributed by atoms with E-state index in [1.165, 1.54) is 5.75 Å². The minimum atomic E-state index is 0.425. The van der Waals surface area contributed by atoms with Crippen molar-refractivity contribution in [1.82, 2.24) is 20.4 Å². The molecule has 1 atom stereocenters. The molecule has 5 nitrogen and oxygen atoms in total. The van der Waals surface area contributed by atoms with Gasteiger partial charge in [0, 0.05) is 36.7 Å². The predicted octanol–water partition coefficient (Wildman–Crippen LogP) is 2.00. The Morgan fingerprint density at radius 3 is 3.10 bits per heavy atom. The first kappa shape index (κ1) is 13.6. The molecule has 1 fully saturated rings. The first-order valence-electron chi connectivity index (χ1n) is 6.79. The first-order valence-corrected chi connectivity index (χ1v) is 7.95. The van der Waals surface area contributed by atoms with Gasteiger partial charge in [0.1, 0.15) is 5.69 Å². The number of rotatable bonds is 3. The van der Waals surface area contributed by atoms with Crippen molar-refractivity contribution in [2.45, 2.75) is 26.3 Å². The highest BCUT2D eigenvalue weighted by Gasteiger charge is 2.18. The molecule has 0 radical (unpaired) electrons. The Hall–Kier alpha value is -1.40. The van der Waals surface area contributed by atoms with Crippen molar-refractivity contribution in [3.8, 4) is 11.5 Å². The Morgan fingerprint density at radius 1 is 1.45 bits per heavy atom. The van der Waals surface area contributed by atoms with Gasteiger partial charge in [-0.2, -0.15) is 16.7 Å². The Balaban J connectivity index is 1.75. The van der Waals surface area contributed by atoms with Gasteiger partial charge in [0.15, 0.2) is 0 Å². The summed E-state index contributed by atoms with van der Waals surface area (Å²) in [4.78, 5) is 8.88. The Morgan fingerprint density at radius 2 is 2.35 bits per heavy atom. The molecule has 2 aromatic heterocycles. The number of pyridine rings is 1. The van der Waals surface area contributed by atoms with Crippen LogP contribution in [0.1, 0.15) is 17.0 Å². The minimum absolute atomic E-state index is 0.425. The Labute approximate surface area is 122 Å². The van der Waals surface area contributed by atoms with Gasteiger partial charge in [0.2, 0.25) is 11.7 Å². The fraction of sp³-hybridized carbons (Fsp3) is 0.500. The van der Waals surface area contributed by atoms with E-state index in [4.69, 9.17) is 4.52 Å². The largest absolute Gasteiger partial charge is 0.339 e. The highest BCUT2D eigenvalue weighted by atomic mass is 32.2. The van der Waals surface area contributed by atoms with Crippen LogP contribution in [0.25, 0.3) is 11.5 Å². The van der Waals surface area contributed by atoms with Gasteiger partial charge < -0.3 is 9.84 Å². The van der Waals surface area contributed by atoms with Crippen LogP contribution in [0.5, 0.6) is 0 Å². The lowest BCUT2D eigenvalue weighted by Crippen LogP contribution is -2.38. The number of hydrogen-bond acceptors (Lipinski definition) is 6. The summed E-state index contributed by atoms with van der Waals surface area (Å²) in [5.74, 6) is 3.54. The molecule has 3 heterocycles. The first-order chi connectivity index (χ1) is 9.72. The molecule has 1 unspecified atom stereocenters. The monoisotopic (exact) mass is 290 g/mol. The van der Waals surface area contributed by atoms with Crippen molar-refractivity contribution in [2.75, 3.05) is 18.1 Å². The molecule has 6 heteroatoms. The number of hydrogen-bond donors (Lipinski definition) is 1. The molecule has 0 aromatic carbocycles. The lowest BCUT2D eigenvalue weighted by atomic mass is 10.1. The molecule has 106 valence electrons. The van der Waals surface area contributed by atoms with Gasteiger partial charge in [-0.3, -0.25) is 4.98 Å². The molecule has 1 aliphatic rings. The topological polar surface area (TPSA) is 63.8 Å². The second kappa shape index (κ2) is 5.93. The summed E-state index contributed by atoms with van der Waals surface area (Å²) in [6.45, 7) is 5.09. The summed E-state index contributed by atoms with van der Waals surface area (Å²) in [5.41, 5.74) is 3.01. The van der Waals surface area contributed by atoms with E-state index in [1.807, 2.05) is 31.8 Å². The highest BCUT2D eigenvalue weighted by molar-refractivity contribution is 7.99. The summed E-state index contributed by atoms with van der Waals surface area (Å²) in [7, 11) is 0. The normalized spacial score (nSPS) is 19.2. The summed E-state index contributed by atoms with van der Waals surface area (Å²) < 4.78 is 5.36. The zero-order chi connectivity index (χ0) is 13.9. The number of thioether (sulfide) groups is 1. The van der Waals surface area contributed by atoms with Gasteiger partial charge in [-0.1, -0.05) is 11.2 Å². The SMILES string of the molecule is Cc1cnc(-c2noc(CC3CSCCN3)n2)c(C)c1. The number of aromatic nitrogens is 3. The van der Waals surface area contributed by atoms with Gasteiger partial charge in [-0.05, 0) is 25.0 Å². The molecule has 3 rings (SSSR count). The molecule has 2 aromatic rings. The van der Waals surface area contributed by atoms with Crippen LogP contribution >= 0.6 is 11.8 Å². The van der Waals surface area contributed by atoms with E-state index >= 15 is 0 Å². The number of nitrogens with zero attached hydrogens (tertiary/aromatic N) is 3. The molecule has 20 heavy (non-hydrogen) atoms. The van der Waals surface area contributed by atoms with Crippen LogP contribution in [0.2, 0.25) is 0 Å². The second-order valence-corrected chi connectivity index (χ2v) is 6.27. The van der Waals surface area contributed by atoms with E-state index in [0.29, 0.717) is 17.8 Å². The van der Waals surface area contributed by atoms with Gasteiger partial charge in [-0.25, -0.2) is 0 Å². The summed E-state index contributed by atoms with van der Waals surface area (Å²) in [5, 5.41) is 7.53. The molecular weight excluding hydrogens is 272 g/mol. The third-order valence-electron chi connectivity index (χ3n) is 3.31. The van der Waals surface area contributed by atoms with Gasteiger partial charge in [0.05, 0.1) is 0 Å². The maximum atomic E-state index is 5.36. The summed E-state index contributed by atoms with van der Waals surface area (Å²) >= 11 is 1.96. The molecule has 0 saturated carbocycles. The highest BCUT2D eigenvalue weighted by Crippen LogP contribution is 2.19. The lowest BCUT2D eigenvalue weighted by molar-refractivity contribution is 0.363. The van der Waals surface area contributed by atoms with Crippen molar-refractivity contribution >= 4 is 11.8 Å². The van der Waals surface area contributed by atoms with Gasteiger partial charge in [-0.15, -0.1) is 0 Å². The van der Waals surface area contributed by atoms with Crippen molar-refractivity contribution in [2.24, 2.45) is 0 Å². The van der Waals surface area contributed by atoms with Crippen molar-refractivity contribution in [3.63, 3.8) is 0 Å². The fourth-order valence-corrected chi connectivity index (χ4v) is 3.29. The molecule has 1 N–H and O–H groups in total. The van der Waals surface area contributed by atoms with E-state index < -0.39 is 0 Å². The Kier molecular flexibility index (Phi) is 4.03. The Bertz CT molecular complexity index is 593. The molecule has 0 bridgehead atoms. The third-order valence-corrected chi connectivity index (χ3v) is 4.45. The molecule has 0 spiro atoms. The zero-order valence-electron chi connectivity index (χ0n) is 11.7. The lowest BCUT2D eigenvalue weighted by Gasteiger charge is -2.21. The smallest absolute Gasteiger partial charge is 0.228 e. The van der Waals surface area contributed by atoms with E-state index in [0.717, 1.165) is 35.5 Å². The van der Waals surface area contributed by atoms with E-state index in [-0.39, 0.29) is 0 Å². The molecular formula is C14H18N4OS. The molecule has 1 saturated heterocycles. The molecule has 0 amide bonds. The minimum Gasteiger partial charge on any atom is -0.339 e. The van der Waals surface area contributed by atoms with Crippen LogP contribution < -0.4 is 5.32 Å². The van der Waals surface area contributed by atoms with Crippen LogP contribution in [0.3, 0.4) is 0 Å². The standard InChI is InChI=1S/C14H18N4OS/c1-9-5-10(2)13(16-7-9)14-17-12(19-18-14)6-11-8-20-4-3-15-11/h5,7,11,15H,3-4,6,8H2,1-2H3. The second-order valence-electron chi connectivity index (χ2n) is 5.12. The molecule has 0 aliphatic carbocycles. The number of aryl methyl sites for hydroxylation is 2. The van der Waals surface area contributed by atoms with Crippen molar-refractivity contribution < 1.29 is 4.52 Å². The van der Waals surface area contributed by atoms with Crippen LogP contribution in [0, 0.1) is 13.8 Å². The van der Waals surface area contributed by atoms with E-state index in [9.17, 15) is 0 Å². The van der Waals surface area contributed by atoms with Crippen LogP contribution in [-0.4, -0.2) is 39.2 Å². The predicted molar refractivity (Wildman–Crippen MR) is 79.8 cm³/mol. The average Bonchev–Trinajstić information content (AvgIpc) is 2.88. The van der Waals surface area contributed by atoms with Crippen molar-refractivity contribution in [3.05, 3.63) is 29.3 Å². The molecule has 1 aliphatic heterocycles. The van der Waals surface area contributed by atoms with Crippen LogP contribution in [0.4, 0.5) is 0 Å². The van der Waals surface area contributed by atoms with Gasteiger partial charge >= 0.3 is 0 Å². The quantitative estimate of drug-likeness (QED) is 0.932. The third kappa shape index (κ3) is 3.02. The van der Waals surface area contributed by atoms with Crippen LogP contribution in [0.15, 0.2) is 16.8 Å². The van der Waals surface area contributed by atoms with Crippen LogP contribution in [-0.2, 0) is 6.42 Å². The zero-order valence-corrected chi connectivity index (χ0v) is 12.5. The maximum Gasteiger partial charge on any atom is 0.228 e. The maximum absolute atomic E-state index is 5.36. The van der Waals surface area contributed by atoms with E-state index in [1.54, 1.807) is 0 Å². The summed E-state index contributed by atoms with van der Waals surface area (Å²) in [6.07, 6.45) is 2.61. The average molecular weight is 290 g/mol. The fourth-order valence-electron chi connectivity index (χ4n) is 2.34.